The molecule has 2 N–H and O–H groups in total. The number of rotatable bonds is 8. The van der Waals surface area contributed by atoms with Crippen LogP contribution in [0, 0.1) is 5.82 Å². The molecule has 0 atom stereocenters. The van der Waals surface area contributed by atoms with Gasteiger partial charge >= 0.3 is 0 Å². The minimum Gasteiger partial charge on any atom is -0.390 e. The number of hydrogen-bond acceptors (Lipinski definition) is 5. The third-order valence-electron chi connectivity index (χ3n) is 4.25. The van der Waals surface area contributed by atoms with Gasteiger partial charge in [-0.05, 0) is 43.7 Å². The predicted molar refractivity (Wildman–Crippen MR) is 90.5 cm³/mol. The summed E-state index contributed by atoms with van der Waals surface area (Å²) in [5, 5.41) is 15.8. The standard InChI is InChI=1S/C18H22FN3O3/c19-14-6-4-13(5-7-14)17-10-16(21-25-17)18(24)20-8-2-1-3-9-22-11-15(23)12-22/h4-7,10,15,23H,1-3,8-9,11-12H2,(H,20,24). The van der Waals surface area contributed by atoms with Gasteiger partial charge < -0.3 is 14.9 Å². The fourth-order valence-corrected chi connectivity index (χ4v) is 2.79. The Bertz CT molecular complexity index is 696. The molecule has 1 aliphatic heterocycles. The topological polar surface area (TPSA) is 78.6 Å². The molecule has 6 nitrogen and oxygen atoms in total. The number of halogens is 1. The van der Waals surface area contributed by atoms with Crippen LogP contribution < -0.4 is 5.32 Å². The first kappa shape index (κ1) is 17.6. The quantitative estimate of drug-likeness (QED) is 0.715. The van der Waals surface area contributed by atoms with Crippen LogP contribution in [0.2, 0.25) is 0 Å². The Morgan fingerprint density at radius 1 is 1.28 bits per heavy atom. The largest absolute Gasteiger partial charge is 0.390 e. The molecule has 1 saturated heterocycles. The van der Waals surface area contributed by atoms with Crippen molar-refractivity contribution in [2.75, 3.05) is 26.2 Å². The molecule has 25 heavy (non-hydrogen) atoms. The van der Waals surface area contributed by atoms with Crippen molar-refractivity contribution in [3.8, 4) is 11.3 Å². The minimum atomic E-state index is -0.327. The van der Waals surface area contributed by atoms with Gasteiger partial charge in [-0.2, -0.15) is 0 Å². The molecule has 1 aromatic carbocycles. The lowest BCUT2D eigenvalue weighted by molar-refractivity contribution is 0.00148. The summed E-state index contributed by atoms with van der Waals surface area (Å²) in [7, 11) is 0. The molecule has 0 aliphatic carbocycles. The van der Waals surface area contributed by atoms with Crippen LogP contribution in [0.5, 0.6) is 0 Å². The van der Waals surface area contributed by atoms with Gasteiger partial charge in [0.1, 0.15) is 5.82 Å². The van der Waals surface area contributed by atoms with Gasteiger partial charge in [-0.25, -0.2) is 4.39 Å². The second-order valence-electron chi connectivity index (χ2n) is 6.31. The molecule has 0 radical (unpaired) electrons. The highest BCUT2D eigenvalue weighted by Crippen LogP contribution is 2.20. The lowest BCUT2D eigenvalue weighted by Crippen LogP contribution is -2.50. The Kier molecular flexibility index (Phi) is 5.78. The maximum Gasteiger partial charge on any atom is 0.273 e. The van der Waals surface area contributed by atoms with Crippen molar-refractivity contribution in [1.29, 1.82) is 0 Å². The van der Waals surface area contributed by atoms with Gasteiger partial charge in [-0.1, -0.05) is 11.6 Å². The zero-order valence-corrected chi connectivity index (χ0v) is 13.9. The molecule has 1 aromatic heterocycles. The SMILES string of the molecule is O=C(NCCCCCN1CC(O)C1)c1cc(-c2ccc(F)cc2)on1. The molecule has 1 amide bonds. The van der Waals surface area contributed by atoms with Crippen molar-refractivity contribution < 1.29 is 18.8 Å². The summed E-state index contributed by atoms with van der Waals surface area (Å²) < 4.78 is 18.1. The average molecular weight is 347 g/mol. The van der Waals surface area contributed by atoms with E-state index in [9.17, 15) is 14.3 Å². The van der Waals surface area contributed by atoms with Crippen LogP contribution in [-0.2, 0) is 0 Å². The van der Waals surface area contributed by atoms with E-state index in [0.717, 1.165) is 38.9 Å². The fraction of sp³-hybridized carbons (Fsp3) is 0.444. The summed E-state index contributed by atoms with van der Waals surface area (Å²) in [4.78, 5) is 14.3. The number of nitrogens with one attached hydrogen (secondary N) is 1. The molecular weight excluding hydrogens is 325 g/mol. The Morgan fingerprint density at radius 3 is 2.76 bits per heavy atom. The van der Waals surface area contributed by atoms with Gasteiger partial charge in [0.2, 0.25) is 0 Å². The summed E-state index contributed by atoms with van der Waals surface area (Å²) in [5.41, 5.74) is 0.887. The Hall–Kier alpha value is -2.25. The van der Waals surface area contributed by atoms with Crippen LogP contribution in [0.25, 0.3) is 11.3 Å². The van der Waals surface area contributed by atoms with Gasteiger partial charge in [0.25, 0.3) is 5.91 Å². The van der Waals surface area contributed by atoms with Crippen molar-refractivity contribution in [3.05, 3.63) is 41.8 Å². The fourth-order valence-electron chi connectivity index (χ4n) is 2.79. The summed E-state index contributed by atoms with van der Waals surface area (Å²) >= 11 is 0. The van der Waals surface area contributed by atoms with E-state index in [1.54, 1.807) is 18.2 Å². The first-order valence-electron chi connectivity index (χ1n) is 8.53. The van der Waals surface area contributed by atoms with E-state index in [0.29, 0.717) is 17.9 Å². The average Bonchev–Trinajstić information content (AvgIpc) is 3.06. The first-order valence-corrected chi connectivity index (χ1v) is 8.53. The van der Waals surface area contributed by atoms with Crippen molar-refractivity contribution in [3.63, 3.8) is 0 Å². The highest BCUT2D eigenvalue weighted by Gasteiger charge is 2.22. The number of amides is 1. The maximum atomic E-state index is 12.9. The summed E-state index contributed by atoms with van der Waals surface area (Å²) in [6.45, 7) is 3.13. The van der Waals surface area contributed by atoms with Crippen molar-refractivity contribution in [2.45, 2.75) is 25.4 Å². The Balaban J connectivity index is 1.36. The Morgan fingerprint density at radius 2 is 2.04 bits per heavy atom. The number of carbonyl (C=O) groups excluding carboxylic acids is 1. The number of nitrogens with zero attached hydrogens (tertiary/aromatic N) is 2. The molecule has 2 aromatic rings. The summed E-state index contributed by atoms with van der Waals surface area (Å²) in [6, 6.07) is 7.37. The van der Waals surface area contributed by atoms with Crippen LogP contribution in [0.15, 0.2) is 34.9 Å². The molecule has 0 saturated carbocycles. The molecule has 0 spiro atoms. The predicted octanol–water partition coefficient (Wildman–Crippen LogP) is 2.06. The van der Waals surface area contributed by atoms with Gasteiger partial charge in [-0.3, -0.25) is 9.69 Å². The summed E-state index contributed by atoms with van der Waals surface area (Å²) in [5.74, 6) is -0.170. The number of benzene rings is 1. The molecule has 0 unspecified atom stereocenters. The second kappa shape index (κ2) is 8.22. The Labute approximate surface area is 145 Å². The second-order valence-corrected chi connectivity index (χ2v) is 6.31. The van der Waals surface area contributed by atoms with Crippen LogP contribution in [0.3, 0.4) is 0 Å². The highest BCUT2D eigenvalue weighted by atomic mass is 19.1. The number of β-amino-alcohol motifs (C(OH)–C–C–N with tert-alkyl or cyclic N) is 1. The molecule has 1 fully saturated rings. The van der Waals surface area contributed by atoms with E-state index in [2.05, 4.69) is 15.4 Å². The van der Waals surface area contributed by atoms with Crippen LogP contribution in [-0.4, -0.2) is 53.4 Å². The molecule has 7 heteroatoms. The van der Waals surface area contributed by atoms with E-state index in [1.807, 2.05) is 0 Å². The van der Waals surface area contributed by atoms with E-state index < -0.39 is 0 Å². The van der Waals surface area contributed by atoms with Gasteiger partial charge in [0, 0.05) is 31.3 Å². The molecule has 3 rings (SSSR count). The zero-order valence-electron chi connectivity index (χ0n) is 13.9. The van der Waals surface area contributed by atoms with Crippen LogP contribution in [0.4, 0.5) is 4.39 Å². The van der Waals surface area contributed by atoms with Crippen molar-refractivity contribution in [2.24, 2.45) is 0 Å². The van der Waals surface area contributed by atoms with E-state index >= 15 is 0 Å². The number of aromatic nitrogens is 1. The molecule has 0 bridgehead atoms. The van der Waals surface area contributed by atoms with Gasteiger partial charge in [0.05, 0.1) is 6.10 Å². The molecular formula is C18H22FN3O3. The maximum absolute atomic E-state index is 12.9. The van der Waals surface area contributed by atoms with Gasteiger partial charge in [0.15, 0.2) is 11.5 Å². The van der Waals surface area contributed by atoms with Crippen molar-refractivity contribution in [1.82, 2.24) is 15.4 Å². The lowest BCUT2D eigenvalue weighted by Gasteiger charge is -2.35. The normalized spacial score (nSPS) is 15.1. The van der Waals surface area contributed by atoms with Crippen LogP contribution >= 0.6 is 0 Å². The first-order chi connectivity index (χ1) is 12.1. The summed E-state index contributed by atoms with van der Waals surface area (Å²) in [6.07, 6.45) is 2.82. The number of hydrogen-bond donors (Lipinski definition) is 2. The van der Waals surface area contributed by atoms with Crippen LogP contribution in [0.1, 0.15) is 29.8 Å². The third kappa shape index (κ3) is 4.87. The van der Waals surface area contributed by atoms with Gasteiger partial charge in [-0.15, -0.1) is 0 Å². The zero-order chi connectivity index (χ0) is 17.6. The molecule has 1 aliphatic rings. The molecule has 134 valence electrons. The minimum absolute atomic E-state index is 0.151. The third-order valence-corrected chi connectivity index (χ3v) is 4.25. The molecule has 2 heterocycles. The number of carbonyl (C=O) groups is 1. The number of aliphatic hydroxyl groups is 1. The highest BCUT2D eigenvalue weighted by molar-refractivity contribution is 5.93. The van der Waals surface area contributed by atoms with E-state index in [-0.39, 0.29) is 23.5 Å². The lowest BCUT2D eigenvalue weighted by atomic mass is 10.1. The van der Waals surface area contributed by atoms with E-state index in [4.69, 9.17) is 4.52 Å². The number of aliphatic hydroxyl groups excluding tert-OH is 1. The monoisotopic (exact) mass is 347 g/mol. The van der Waals surface area contributed by atoms with E-state index in [1.165, 1.54) is 12.1 Å². The smallest absolute Gasteiger partial charge is 0.273 e. The number of likely N-dealkylation sites (tertiary alicyclic amines) is 1. The van der Waals surface area contributed by atoms with Crippen molar-refractivity contribution >= 4 is 5.91 Å². The number of unbranched alkanes of at least 4 members (excludes halogenated alkanes) is 2.